The molecule has 0 aliphatic rings. The van der Waals surface area contributed by atoms with Gasteiger partial charge in [0.25, 0.3) is 0 Å². The number of aryl methyl sites for hydroxylation is 2. The van der Waals surface area contributed by atoms with E-state index in [9.17, 15) is 0 Å². The fourth-order valence-electron chi connectivity index (χ4n) is 2.00. The van der Waals surface area contributed by atoms with Crippen LogP contribution in [0.2, 0.25) is 0 Å². The van der Waals surface area contributed by atoms with Gasteiger partial charge in [-0.05, 0) is 25.0 Å². The van der Waals surface area contributed by atoms with Crippen molar-refractivity contribution in [1.29, 1.82) is 0 Å². The van der Waals surface area contributed by atoms with Crippen LogP contribution in [0.1, 0.15) is 22.3 Å². The zero-order valence-electron chi connectivity index (χ0n) is 10.9. The molecule has 18 heavy (non-hydrogen) atoms. The maximum atomic E-state index is 2.19. The lowest BCUT2D eigenvalue weighted by molar-refractivity contribution is 1.37. The van der Waals surface area contributed by atoms with Gasteiger partial charge in [0.05, 0.1) is 0 Å². The average Bonchev–Trinajstić information content (AvgIpc) is 2.35. The van der Waals surface area contributed by atoms with Gasteiger partial charge in [0, 0.05) is 0 Å². The van der Waals surface area contributed by atoms with Gasteiger partial charge in [-0.1, -0.05) is 84.0 Å². The lowest BCUT2D eigenvalue weighted by Crippen LogP contribution is -1.79. The number of allylic oxidation sites excluding steroid dienone is 2. The van der Waals surface area contributed by atoms with Gasteiger partial charge in [0.15, 0.2) is 0 Å². The first kappa shape index (κ1) is 12.4. The van der Waals surface area contributed by atoms with Crippen LogP contribution >= 0.6 is 0 Å². The molecule has 2 aromatic carbocycles. The van der Waals surface area contributed by atoms with Crippen LogP contribution < -0.4 is 0 Å². The van der Waals surface area contributed by atoms with Crippen molar-refractivity contribution >= 4 is 12.2 Å². The number of hydrogen-bond acceptors (Lipinski definition) is 0. The predicted molar refractivity (Wildman–Crippen MR) is 80.4 cm³/mol. The van der Waals surface area contributed by atoms with Crippen LogP contribution in [0.25, 0.3) is 12.2 Å². The van der Waals surface area contributed by atoms with E-state index in [0.717, 1.165) is 0 Å². The van der Waals surface area contributed by atoms with Crippen LogP contribution in [0, 0.1) is 13.8 Å². The highest BCUT2D eigenvalue weighted by Crippen LogP contribution is 2.10. The Morgan fingerprint density at radius 3 is 1.83 bits per heavy atom. The third-order valence-corrected chi connectivity index (χ3v) is 2.73. The monoisotopic (exact) mass is 234 g/mol. The van der Waals surface area contributed by atoms with E-state index >= 15 is 0 Å². The molecule has 0 aromatic heterocycles. The Kier molecular flexibility index (Phi) is 4.14. The van der Waals surface area contributed by atoms with Crippen LogP contribution in [-0.2, 0) is 0 Å². The average molecular weight is 234 g/mol. The zero-order valence-corrected chi connectivity index (χ0v) is 10.9. The molecule has 0 heteroatoms. The van der Waals surface area contributed by atoms with Gasteiger partial charge in [-0.2, -0.15) is 0 Å². The molecule has 0 heterocycles. The molecule has 2 aromatic rings. The van der Waals surface area contributed by atoms with E-state index in [0.29, 0.717) is 0 Å². The minimum absolute atomic E-state index is 1.22. The predicted octanol–water partition coefficient (Wildman–Crippen LogP) is 5.03. The fourth-order valence-corrected chi connectivity index (χ4v) is 2.00. The highest BCUT2D eigenvalue weighted by molar-refractivity contribution is 5.58. The Balaban J connectivity index is 2.05. The second-order valence-electron chi connectivity index (χ2n) is 4.55. The number of hydrogen-bond donors (Lipinski definition) is 0. The summed E-state index contributed by atoms with van der Waals surface area (Å²) >= 11 is 0. The van der Waals surface area contributed by atoms with Crippen molar-refractivity contribution in [3.63, 3.8) is 0 Å². The molecule has 0 fully saturated rings. The molecule has 0 amide bonds. The number of benzene rings is 2. The summed E-state index contributed by atoms with van der Waals surface area (Å²) in [4.78, 5) is 0. The Morgan fingerprint density at radius 1 is 0.667 bits per heavy atom. The lowest BCUT2D eigenvalue weighted by atomic mass is 10.1. The van der Waals surface area contributed by atoms with E-state index in [-0.39, 0.29) is 0 Å². The molecular formula is C18H18. The van der Waals surface area contributed by atoms with Gasteiger partial charge in [0.1, 0.15) is 0 Å². The first-order chi connectivity index (χ1) is 8.74. The summed E-state index contributed by atoms with van der Waals surface area (Å²) < 4.78 is 0. The highest BCUT2D eigenvalue weighted by atomic mass is 14.0. The van der Waals surface area contributed by atoms with Crippen molar-refractivity contribution in [2.75, 3.05) is 0 Å². The summed E-state index contributed by atoms with van der Waals surface area (Å²) in [5.41, 5.74) is 5.09. The summed E-state index contributed by atoms with van der Waals surface area (Å²) in [6, 6.07) is 16.9. The van der Waals surface area contributed by atoms with Crippen LogP contribution in [0.3, 0.4) is 0 Å². The van der Waals surface area contributed by atoms with Crippen LogP contribution in [0.15, 0.2) is 60.7 Å². The molecule has 0 unspecified atom stereocenters. The zero-order chi connectivity index (χ0) is 12.8. The fraction of sp³-hybridized carbons (Fsp3) is 0.111. The molecule has 0 aliphatic carbocycles. The topological polar surface area (TPSA) is 0 Å². The standard InChI is InChI=1S/C18H18/c1-15-12-16(2)14-18(13-15)11-7-6-10-17-8-4-3-5-9-17/h3-14H,1-2H3. The van der Waals surface area contributed by atoms with E-state index < -0.39 is 0 Å². The van der Waals surface area contributed by atoms with Gasteiger partial charge in [-0.15, -0.1) is 0 Å². The first-order valence-corrected chi connectivity index (χ1v) is 6.22. The molecule has 0 spiro atoms. The van der Waals surface area contributed by atoms with Gasteiger partial charge < -0.3 is 0 Å². The van der Waals surface area contributed by atoms with Crippen molar-refractivity contribution in [3.05, 3.63) is 82.9 Å². The highest BCUT2D eigenvalue weighted by Gasteiger charge is 1.90. The Labute approximate surface area is 109 Å². The minimum atomic E-state index is 1.22. The molecule has 0 atom stereocenters. The third kappa shape index (κ3) is 3.74. The van der Waals surface area contributed by atoms with Crippen LogP contribution in [0.4, 0.5) is 0 Å². The Hall–Kier alpha value is -2.08. The summed E-state index contributed by atoms with van der Waals surface area (Å²) in [7, 11) is 0. The minimum Gasteiger partial charge on any atom is -0.0622 e. The molecule has 0 radical (unpaired) electrons. The molecule has 0 aliphatic heterocycles. The summed E-state index contributed by atoms with van der Waals surface area (Å²) in [5.74, 6) is 0. The second-order valence-corrected chi connectivity index (χ2v) is 4.55. The molecular weight excluding hydrogens is 216 g/mol. The maximum Gasteiger partial charge on any atom is -0.0251 e. The molecule has 0 saturated carbocycles. The second kappa shape index (κ2) is 6.02. The lowest BCUT2D eigenvalue weighted by Gasteiger charge is -1.99. The number of rotatable bonds is 3. The van der Waals surface area contributed by atoms with Crippen molar-refractivity contribution in [3.8, 4) is 0 Å². The molecule has 2 rings (SSSR count). The molecule has 0 nitrogen and oxygen atoms in total. The summed E-state index contributed by atoms with van der Waals surface area (Å²) in [5, 5.41) is 0. The Morgan fingerprint density at radius 2 is 1.22 bits per heavy atom. The molecule has 0 N–H and O–H groups in total. The van der Waals surface area contributed by atoms with E-state index in [2.05, 4.69) is 68.5 Å². The largest absolute Gasteiger partial charge is 0.0622 e. The van der Waals surface area contributed by atoms with E-state index in [1.807, 2.05) is 18.2 Å². The maximum absolute atomic E-state index is 2.19. The van der Waals surface area contributed by atoms with Crippen molar-refractivity contribution in [1.82, 2.24) is 0 Å². The molecule has 0 saturated heterocycles. The summed E-state index contributed by atoms with van der Waals surface area (Å²) in [6.45, 7) is 4.26. The summed E-state index contributed by atoms with van der Waals surface area (Å²) in [6.07, 6.45) is 8.41. The third-order valence-electron chi connectivity index (χ3n) is 2.73. The van der Waals surface area contributed by atoms with E-state index in [1.165, 1.54) is 22.3 Å². The van der Waals surface area contributed by atoms with Gasteiger partial charge in [-0.3, -0.25) is 0 Å². The SMILES string of the molecule is Cc1cc(C)cc(C=CC=Cc2ccccc2)c1. The van der Waals surface area contributed by atoms with Crippen LogP contribution in [-0.4, -0.2) is 0 Å². The van der Waals surface area contributed by atoms with Gasteiger partial charge in [0.2, 0.25) is 0 Å². The smallest absolute Gasteiger partial charge is 0.0251 e. The quantitative estimate of drug-likeness (QED) is 0.653. The van der Waals surface area contributed by atoms with Crippen molar-refractivity contribution in [2.24, 2.45) is 0 Å². The van der Waals surface area contributed by atoms with Gasteiger partial charge >= 0.3 is 0 Å². The molecule has 0 bridgehead atoms. The van der Waals surface area contributed by atoms with E-state index in [4.69, 9.17) is 0 Å². The Bertz CT molecular complexity index is 540. The van der Waals surface area contributed by atoms with Crippen molar-refractivity contribution < 1.29 is 0 Å². The van der Waals surface area contributed by atoms with E-state index in [1.54, 1.807) is 0 Å². The molecule has 90 valence electrons. The normalized spacial score (nSPS) is 11.4. The van der Waals surface area contributed by atoms with Gasteiger partial charge in [-0.25, -0.2) is 0 Å². The first-order valence-electron chi connectivity index (χ1n) is 6.22. The van der Waals surface area contributed by atoms with Crippen LogP contribution in [0.5, 0.6) is 0 Å². The van der Waals surface area contributed by atoms with Crippen molar-refractivity contribution in [2.45, 2.75) is 13.8 Å².